The maximum atomic E-state index is 12.5. The molecule has 1 aromatic heterocycles. The van der Waals surface area contributed by atoms with Crippen molar-refractivity contribution in [2.75, 3.05) is 0 Å². The Bertz CT molecular complexity index is 320. The summed E-state index contributed by atoms with van der Waals surface area (Å²) in [6.45, 7) is 0.0229. The molecule has 0 amide bonds. The Morgan fingerprint density at radius 1 is 1.62 bits per heavy atom. The molecule has 0 atom stereocenters. The third kappa shape index (κ3) is 2.57. The number of alkyl halides is 2. The van der Waals surface area contributed by atoms with Gasteiger partial charge in [-0.15, -0.1) is 0 Å². The molecule has 0 fully saturated rings. The van der Waals surface area contributed by atoms with E-state index in [1.807, 2.05) is 22.6 Å². The van der Waals surface area contributed by atoms with E-state index in [-0.39, 0.29) is 17.8 Å². The van der Waals surface area contributed by atoms with Crippen LogP contribution in [0.1, 0.15) is 17.7 Å². The molecule has 1 aromatic rings. The molecule has 0 radical (unpaired) electrons. The molecule has 1 rings (SSSR count). The standard InChI is InChI=1S/C7H6BrF2IN2/c8-3-1-5(11)13-4(2-12)6(3)7(9)10/h1,7H,2,12H2. The predicted molar refractivity (Wildman–Crippen MR) is 57.5 cm³/mol. The first-order valence-corrected chi connectivity index (χ1v) is 5.26. The van der Waals surface area contributed by atoms with Crippen LogP contribution in [0.15, 0.2) is 10.5 Å². The zero-order valence-electron chi connectivity index (χ0n) is 6.40. The Balaban J connectivity index is 3.30. The van der Waals surface area contributed by atoms with Crippen molar-refractivity contribution in [1.82, 2.24) is 4.98 Å². The van der Waals surface area contributed by atoms with E-state index in [2.05, 4.69) is 20.9 Å². The smallest absolute Gasteiger partial charge is 0.266 e. The van der Waals surface area contributed by atoms with Crippen LogP contribution in [0, 0.1) is 3.70 Å². The van der Waals surface area contributed by atoms with Gasteiger partial charge in [0.05, 0.1) is 11.3 Å². The maximum absolute atomic E-state index is 12.5. The highest BCUT2D eigenvalue weighted by Gasteiger charge is 2.17. The number of hydrogen-bond donors (Lipinski definition) is 1. The zero-order valence-corrected chi connectivity index (χ0v) is 10.1. The molecule has 0 saturated heterocycles. The second-order valence-electron chi connectivity index (χ2n) is 2.29. The monoisotopic (exact) mass is 362 g/mol. The zero-order chi connectivity index (χ0) is 10.0. The quantitative estimate of drug-likeness (QED) is 0.649. The largest absolute Gasteiger partial charge is 0.325 e. The van der Waals surface area contributed by atoms with E-state index < -0.39 is 6.43 Å². The lowest BCUT2D eigenvalue weighted by atomic mass is 10.2. The van der Waals surface area contributed by atoms with Crippen molar-refractivity contribution in [3.05, 3.63) is 25.5 Å². The van der Waals surface area contributed by atoms with Crippen molar-refractivity contribution < 1.29 is 8.78 Å². The number of aromatic nitrogens is 1. The van der Waals surface area contributed by atoms with Gasteiger partial charge in [0.15, 0.2) is 0 Å². The van der Waals surface area contributed by atoms with Crippen molar-refractivity contribution in [1.29, 1.82) is 0 Å². The van der Waals surface area contributed by atoms with Crippen LogP contribution in [-0.2, 0) is 6.54 Å². The fraction of sp³-hybridized carbons (Fsp3) is 0.286. The highest BCUT2D eigenvalue weighted by molar-refractivity contribution is 14.1. The van der Waals surface area contributed by atoms with Crippen LogP contribution in [0.3, 0.4) is 0 Å². The molecular formula is C7H6BrF2IN2. The van der Waals surface area contributed by atoms with Gasteiger partial charge in [0, 0.05) is 11.0 Å². The van der Waals surface area contributed by atoms with Gasteiger partial charge >= 0.3 is 0 Å². The summed E-state index contributed by atoms with van der Waals surface area (Å²) in [5.41, 5.74) is 5.44. The van der Waals surface area contributed by atoms with Crippen LogP contribution in [0.5, 0.6) is 0 Å². The molecule has 0 bridgehead atoms. The van der Waals surface area contributed by atoms with Gasteiger partial charge < -0.3 is 5.73 Å². The lowest BCUT2D eigenvalue weighted by Gasteiger charge is -2.08. The van der Waals surface area contributed by atoms with Crippen molar-refractivity contribution in [3.63, 3.8) is 0 Å². The van der Waals surface area contributed by atoms with E-state index in [9.17, 15) is 8.78 Å². The number of pyridine rings is 1. The van der Waals surface area contributed by atoms with E-state index in [0.29, 0.717) is 8.17 Å². The SMILES string of the molecule is NCc1nc(I)cc(Br)c1C(F)F. The molecule has 0 aliphatic rings. The van der Waals surface area contributed by atoms with Crippen molar-refractivity contribution in [2.24, 2.45) is 5.73 Å². The number of rotatable bonds is 2. The van der Waals surface area contributed by atoms with Gasteiger partial charge in [0.2, 0.25) is 0 Å². The first kappa shape index (κ1) is 11.3. The third-order valence-electron chi connectivity index (χ3n) is 1.47. The molecule has 13 heavy (non-hydrogen) atoms. The first-order chi connectivity index (χ1) is 6.06. The third-order valence-corrected chi connectivity index (χ3v) is 2.68. The summed E-state index contributed by atoms with van der Waals surface area (Å²) in [7, 11) is 0. The summed E-state index contributed by atoms with van der Waals surface area (Å²) < 4.78 is 26.0. The summed E-state index contributed by atoms with van der Waals surface area (Å²) >= 11 is 5.01. The van der Waals surface area contributed by atoms with Crippen LogP contribution in [0.4, 0.5) is 8.78 Å². The Hall–Kier alpha value is 0.180. The van der Waals surface area contributed by atoms with Gasteiger partial charge in [-0.3, -0.25) is 0 Å². The van der Waals surface area contributed by atoms with Crippen molar-refractivity contribution >= 4 is 38.5 Å². The van der Waals surface area contributed by atoms with E-state index in [1.54, 1.807) is 6.07 Å². The molecule has 6 heteroatoms. The molecule has 0 unspecified atom stereocenters. The number of halogens is 4. The second-order valence-corrected chi connectivity index (χ2v) is 4.25. The predicted octanol–water partition coefficient (Wildman–Crippen LogP) is 2.85. The minimum absolute atomic E-state index is 0.0229. The minimum atomic E-state index is -2.54. The van der Waals surface area contributed by atoms with Gasteiger partial charge in [-0.05, 0) is 28.7 Å². The Morgan fingerprint density at radius 3 is 2.69 bits per heavy atom. The highest BCUT2D eigenvalue weighted by atomic mass is 127. The molecular weight excluding hydrogens is 357 g/mol. The normalized spacial score (nSPS) is 10.9. The second kappa shape index (κ2) is 4.61. The summed E-state index contributed by atoms with van der Waals surface area (Å²) in [5, 5.41) is 0. The van der Waals surface area contributed by atoms with Gasteiger partial charge in [-0.2, -0.15) is 0 Å². The Labute approximate surface area is 96.2 Å². The molecule has 1 heterocycles. The first-order valence-electron chi connectivity index (χ1n) is 3.39. The summed E-state index contributed by atoms with van der Waals surface area (Å²) in [5.74, 6) is 0. The Morgan fingerprint density at radius 2 is 2.23 bits per heavy atom. The van der Waals surface area contributed by atoms with Gasteiger partial charge in [0.25, 0.3) is 6.43 Å². The Kier molecular flexibility index (Phi) is 3.99. The average molecular weight is 363 g/mol. The molecule has 2 N–H and O–H groups in total. The van der Waals surface area contributed by atoms with Gasteiger partial charge in [-0.25, -0.2) is 13.8 Å². The topological polar surface area (TPSA) is 38.9 Å². The van der Waals surface area contributed by atoms with Crippen LogP contribution in [-0.4, -0.2) is 4.98 Å². The summed E-state index contributed by atoms with van der Waals surface area (Å²) in [6.07, 6.45) is -2.54. The van der Waals surface area contributed by atoms with E-state index in [0.717, 1.165) is 0 Å². The van der Waals surface area contributed by atoms with E-state index in [1.165, 1.54) is 0 Å². The molecule has 0 aliphatic heterocycles. The van der Waals surface area contributed by atoms with E-state index in [4.69, 9.17) is 5.73 Å². The molecule has 0 aliphatic carbocycles. The molecule has 0 saturated carbocycles. The lowest BCUT2D eigenvalue weighted by Crippen LogP contribution is -2.07. The van der Waals surface area contributed by atoms with Crippen LogP contribution < -0.4 is 5.73 Å². The number of hydrogen-bond acceptors (Lipinski definition) is 2. The van der Waals surface area contributed by atoms with Gasteiger partial charge in [0.1, 0.15) is 3.70 Å². The number of nitrogens with zero attached hydrogens (tertiary/aromatic N) is 1. The van der Waals surface area contributed by atoms with Crippen molar-refractivity contribution in [2.45, 2.75) is 13.0 Å². The molecule has 72 valence electrons. The van der Waals surface area contributed by atoms with Crippen LogP contribution in [0.2, 0.25) is 0 Å². The van der Waals surface area contributed by atoms with Crippen LogP contribution >= 0.6 is 38.5 Å². The summed E-state index contributed by atoms with van der Waals surface area (Å²) in [4.78, 5) is 3.93. The van der Waals surface area contributed by atoms with Crippen molar-refractivity contribution in [3.8, 4) is 0 Å². The lowest BCUT2D eigenvalue weighted by molar-refractivity contribution is 0.148. The van der Waals surface area contributed by atoms with Crippen LogP contribution in [0.25, 0.3) is 0 Å². The summed E-state index contributed by atoms with van der Waals surface area (Å²) in [6, 6.07) is 1.54. The van der Waals surface area contributed by atoms with Gasteiger partial charge in [-0.1, -0.05) is 15.9 Å². The fourth-order valence-corrected chi connectivity index (χ4v) is 2.58. The highest BCUT2D eigenvalue weighted by Crippen LogP contribution is 2.30. The molecule has 0 spiro atoms. The van der Waals surface area contributed by atoms with E-state index >= 15 is 0 Å². The average Bonchev–Trinajstić information content (AvgIpc) is 2.01. The minimum Gasteiger partial charge on any atom is -0.325 e. The molecule has 2 nitrogen and oxygen atoms in total. The fourth-order valence-electron chi connectivity index (χ4n) is 0.927. The number of nitrogens with two attached hydrogens (primary N) is 1. The maximum Gasteiger partial charge on any atom is 0.266 e. The molecule has 0 aromatic carbocycles.